The van der Waals surface area contributed by atoms with Gasteiger partial charge in [0.1, 0.15) is 34.6 Å². The Balaban J connectivity index is 1.56. The number of fused-ring (bicyclic) bond motifs is 1. The van der Waals surface area contributed by atoms with Gasteiger partial charge in [-0.3, -0.25) is 0 Å². The lowest BCUT2D eigenvalue weighted by Gasteiger charge is -2.28. The van der Waals surface area contributed by atoms with Gasteiger partial charge in [0.25, 0.3) is 0 Å². The van der Waals surface area contributed by atoms with Crippen LogP contribution in [0.15, 0.2) is 84.3 Å². The van der Waals surface area contributed by atoms with Crippen LogP contribution in [-0.2, 0) is 4.79 Å². The fraction of sp³-hybridized carbons (Fsp3) is 0.241. The average Bonchev–Trinajstić information content (AvgIpc) is 2.90. The number of para-hydroxylation sites is 2. The Morgan fingerprint density at radius 1 is 0.972 bits per heavy atom. The third-order valence-corrected chi connectivity index (χ3v) is 5.76. The van der Waals surface area contributed by atoms with Gasteiger partial charge in [-0.25, -0.2) is 4.79 Å². The Hall–Kier alpha value is -4.44. The minimum atomic E-state index is -0.557. The van der Waals surface area contributed by atoms with Gasteiger partial charge in [0.05, 0.1) is 12.5 Å². The number of carbonyl (C=O) groups is 1. The van der Waals surface area contributed by atoms with Crippen molar-refractivity contribution in [2.45, 2.75) is 32.1 Å². The second kappa shape index (κ2) is 11.8. The number of hydrogen-bond acceptors (Lipinski definition) is 7. The first kappa shape index (κ1) is 24.7. The van der Waals surface area contributed by atoms with Crippen LogP contribution in [-0.4, -0.2) is 19.2 Å². The fourth-order valence-electron chi connectivity index (χ4n) is 4.02. The number of carbonyl (C=O) groups excluding carboxylic acids is 1. The summed E-state index contributed by atoms with van der Waals surface area (Å²) in [7, 11) is 0. The molecule has 0 radical (unpaired) electrons. The van der Waals surface area contributed by atoms with Gasteiger partial charge in [-0.15, -0.1) is 0 Å². The molecule has 184 valence electrons. The monoisotopic (exact) mass is 484 g/mol. The highest BCUT2D eigenvalue weighted by molar-refractivity contribution is 5.74. The summed E-state index contributed by atoms with van der Waals surface area (Å²) in [5.74, 6) is 0.930. The van der Waals surface area contributed by atoms with Crippen LogP contribution < -0.4 is 24.7 Å². The van der Waals surface area contributed by atoms with E-state index in [-0.39, 0.29) is 18.2 Å². The largest absolute Gasteiger partial charge is 0.493 e. The number of benzene rings is 3. The SMILES string of the molecule is CCCCCOc1ccccc1C1C(C#N)=C(N)Oc2cc(OC(=O)COc3ccccc3)ccc21. The molecule has 3 aromatic carbocycles. The van der Waals surface area contributed by atoms with Crippen LogP contribution >= 0.6 is 0 Å². The highest BCUT2D eigenvalue weighted by atomic mass is 16.6. The zero-order valence-corrected chi connectivity index (χ0v) is 20.1. The van der Waals surface area contributed by atoms with Crippen LogP contribution in [0.25, 0.3) is 0 Å². The molecule has 1 unspecified atom stereocenters. The molecule has 7 heteroatoms. The summed E-state index contributed by atoms with van der Waals surface area (Å²) >= 11 is 0. The maximum atomic E-state index is 12.3. The van der Waals surface area contributed by atoms with E-state index in [1.165, 1.54) is 0 Å². The van der Waals surface area contributed by atoms with Crippen LogP contribution in [0.1, 0.15) is 43.2 Å². The van der Waals surface area contributed by atoms with Gasteiger partial charge in [0.15, 0.2) is 6.61 Å². The number of rotatable bonds is 10. The van der Waals surface area contributed by atoms with Crippen molar-refractivity contribution in [2.24, 2.45) is 5.73 Å². The van der Waals surface area contributed by atoms with Gasteiger partial charge in [0.2, 0.25) is 5.88 Å². The van der Waals surface area contributed by atoms with Crippen LogP contribution in [0.3, 0.4) is 0 Å². The topological polar surface area (TPSA) is 104 Å². The molecule has 0 amide bonds. The van der Waals surface area contributed by atoms with Crippen molar-refractivity contribution in [3.63, 3.8) is 0 Å². The predicted octanol–water partition coefficient (Wildman–Crippen LogP) is 5.46. The number of allylic oxidation sites excluding steroid dienone is 1. The maximum Gasteiger partial charge on any atom is 0.349 e. The van der Waals surface area contributed by atoms with Crippen molar-refractivity contribution in [2.75, 3.05) is 13.2 Å². The second-order valence-corrected chi connectivity index (χ2v) is 8.29. The molecule has 0 fully saturated rings. The van der Waals surface area contributed by atoms with Crippen molar-refractivity contribution in [1.29, 1.82) is 5.26 Å². The van der Waals surface area contributed by atoms with Crippen molar-refractivity contribution >= 4 is 5.97 Å². The van der Waals surface area contributed by atoms with E-state index < -0.39 is 11.9 Å². The van der Waals surface area contributed by atoms with E-state index in [4.69, 9.17) is 24.7 Å². The summed E-state index contributed by atoms with van der Waals surface area (Å²) in [5, 5.41) is 9.89. The number of nitriles is 1. The van der Waals surface area contributed by atoms with Gasteiger partial charge in [-0.2, -0.15) is 5.26 Å². The van der Waals surface area contributed by atoms with Gasteiger partial charge < -0.3 is 24.7 Å². The Bertz CT molecular complexity index is 1280. The number of unbranched alkanes of at least 4 members (excludes halogenated alkanes) is 2. The first-order valence-corrected chi connectivity index (χ1v) is 11.9. The summed E-state index contributed by atoms with van der Waals surface area (Å²) in [5.41, 5.74) is 8.00. The first-order chi connectivity index (χ1) is 17.6. The summed E-state index contributed by atoms with van der Waals surface area (Å²) in [6.07, 6.45) is 3.12. The smallest absolute Gasteiger partial charge is 0.349 e. The fourth-order valence-corrected chi connectivity index (χ4v) is 4.02. The van der Waals surface area contributed by atoms with E-state index in [0.29, 0.717) is 29.4 Å². The highest BCUT2D eigenvalue weighted by Gasteiger charge is 2.33. The van der Waals surface area contributed by atoms with Crippen LogP contribution in [0.5, 0.6) is 23.0 Å². The van der Waals surface area contributed by atoms with Gasteiger partial charge in [-0.05, 0) is 30.7 Å². The summed E-state index contributed by atoms with van der Waals surface area (Å²) < 4.78 is 22.7. The molecule has 0 aromatic heterocycles. The lowest BCUT2D eigenvalue weighted by molar-refractivity contribution is -0.136. The lowest BCUT2D eigenvalue weighted by atomic mass is 9.83. The van der Waals surface area contributed by atoms with Crippen LogP contribution in [0.4, 0.5) is 0 Å². The van der Waals surface area contributed by atoms with E-state index in [0.717, 1.165) is 30.4 Å². The molecule has 0 aliphatic carbocycles. The lowest BCUT2D eigenvalue weighted by Crippen LogP contribution is -2.22. The molecule has 2 N–H and O–H groups in total. The third-order valence-electron chi connectivity index (χ3n) is 5.76. The molecule has 0 saturated carbocycles. The Kier molecular flexibility index (Phi) is 8.09. The summed E-state index contributed by atoms with van der Waals surface area (Å²) in [6, 6.07) is 23.9. The predicted molar refractivity (Wildman–Crippen MR) is 135 cm³/mol. The minimum Gasteiger partial charge on any atom is -0.493 e. The van der Waals surface area contributed by atoms with E-state index >= 15 is 0 Å². The molecule has 1 atom stereocenters. The van der Waals surface area contributed by atoms with Crippen molar-refractivity contribution in [1.82, 2.24) is 0 Å². The molecule has 7 nitrogen and oxygen atoms in total. The molecular formula is C29H28N2O5. The maximum absolute atomic E-state index is 12.3. The van der Waals surface area contributed by atoms with Gasteiger partial charge in [-0.1, -0.05) is 62.2 Å². The number of nitrogens with zero attached hydrogens (tertiary/aromatic N) is 1. The van der Waals surface area contributed by atoms with Gasteiger partial charge >= 0.3 is 5.97 Å². The molecule has 1 heterocycles. The third kappa shape index (κ3) is 5.78. The minimum absolute atomic E-state index is 0.00618. The molecular weight excluding hydrogens is 456 g/mol. The molecule has 3 aromatic rings. The number of esters is 1. The number of hydrogen-bond donors (Lipinski definition) is 1. The normalized spacial score (nSPS) is 14.3. The van der Waals surface area contributed by atoms with E-state index in [1.807, 2.05) is 42.5 Å². The zero-order chi connectivity index (χ0) is 25.3. The quantitative estimate of drug-likeness (QED) is 0.232. The van der Waals surface area contributed by atoms with Crippen molar-refractivity contribution < 1.29 is 23.7 Å². The van der Waals surface area contributed by atoms with E-state index in [9.17, 15) is 10.1 Å². The molecule has 0 saturated heterocycles. The number of ether oxygens (including phenoxy) is 4. The van der Waals surface area contributed by atoms with Crippen LogP contribution in [0.2, 0.25) is 0 Å². The van der Waals surface area contributed by atoms with Crippen molar-refractivity contribution in [3.8, 4) is 29.1 Å². The molecule has 1 aliphatic heterocycles. The Morgan fingerprint density at radius 3 is 2.53 bits per heavy atom. The number of nitrogens with two attached hydrogens (primary N) is 1. The van der Waals surface area contributed by atoms with E-state index in [1.54, 1.807) is 30.3 Å². The van der Waals surface area contributed by atoms with Crippen molar-refractivity contribution in [3.05, 3.63) is 95.4 Å². The highest BCUT2D eigenvalue weighted by Crippen LogP contribution is 2.45. The second-order valence-electron chi connectivity index (χ2n) is 8.29. The Labute approximate surface area is 210 Å². The average molecular weight is 485 g/mol. The molecule has 1 aliphatic rings. The van der Waals surface area contributed by atoms with Gasteiger partial charge in [0, 0.05) is 17.2 Å². The molecule has 0 bridgehead atoms. The Morgan fingerprint density at radius 2 is 1.75 bits per heavy atom. The zero-order valence-electron chi connectivity index (χ0n) is 20.1. The molecule has 36 heavy (non-hydrogen) atoms. The first-order valence-electron chi connectivity index (χ1n) is 11.9. The molecule has 4 rings (SSSR count). The summed E-state index contributed by atoms with van der Waals surface area (Å²) in [4.78, 5) is 12.3. The van der Waals surface area contributed by atoms with Crippen LogP contribution in [0, 0.1) is 11.3 Å². The molecule has 0 spiro atoms. The summed E-state index contributed by atoms with van der Waals surface area (Å²) in [6.45, 7) is 2.48. The standard InChI is InChI=1S/C29H28N2O5/c1-2-3-9-16-33-25-13-8-7-12-22(25)28-23-15-14-21(17-26(23)36-29(31)24(28)18-30)35-27(32)19-34-20-10-5-4-6-11-20/h4-8,10-15,17,28H,2-3,9,16,19,31H2,1H3. The van der Waals surface area contributed by atoms with E-state index in [2.05, 4.69) is 13.0 Å².